The normalized spacial score (nSPS) is 10.2. The van der Waals surface area contributed by atoms with Gasteiger partial charge in [0.1, 0.15) is 5.82 Å². The zero-order valence-corrected chi connectivity index (χ0v) is 13.7. The van der Waals surface area contributed by atoms with Gasteiger partial charge in [0.05, 0.1) is 0 Å². The fourth-order valence-electron chi connectivity index (χ4n) is 2.40. The predicted octanol–water partition coefficient (Wildman–Crippen LogP) is 4.76. The van der Waals surface area contributed by atoms with E-state index in [9.17, 15) is 4.79 Å². The summed E-state index contributed by atoms with van der Waals surface area (Å²) in [6.45, 7) is 3.56. The molecular weight excluding hydrogens is 298 g/mol. The molecule has 120 valence electrons. The van der Waals surface area contributed by atoms with Crippen molar-refractivity contribution < 1.29 is 4.79 Å². The van der Waals surface area contributed by atoms with E-state index in [1.165, 1.54) is 12.5 Å². The van der Waals surface area contributed by atoms with Crippen LogP contribution in [-0.2, 0) is 4.79 Å². The number of benzene rings is 2. The first-order valence-electron chi connectivity index (χ1n) is 7.78. The van der Waals surface area contributed by atoms with Gasteiger partial charge in [0.15, 0.2) is 0 Å². The molecule has 0 aliphatic heterocycles. The summed E-state index contributed by atoms with van der Waals surface area (Å²) in [4.78, 5) is 15.6. The third-order valence-electron chi connectivity index (χ3n) is 3.60. The van der Waals surface area contributed by atoms with E-state index in [2.05, 4.69) is 34.7 Å². The van der Waals surface area contributed by atoms with Crippen LogP contribution in [0.3, 0.4) is 0 Å². The molecule has 0 spiro atoms. The lowest BCUT2D eigenvalue weighted by Crippen LogP contribution is -2.05. The lowest BCUT2D eigenvalue weighted by Gasteiger charge is -2.08. The fraction of sp³-hybridized carbons (Fsp3) is 0.100. The van der Waals surface area contributed by atoms with Gasteiger partial charge in [-0.3, -0.25) is 4.79 Å². The van der Waals surface area contributed by atoms with E-state index in [0.29, 0.717) is 0 Å². The highest BCUT2D eigenvalue weighted by Gasteiger charge is 2.02. The highest BCUT2D eigenvalue weighted by Crippen LogP contribution is 2.24. The largest absolute Gasteiger partial charge is 0.340 e. The Balaban J connectivity index is 1.76. The minimum Gasteiger partial charge on any atom is -0.340 e. The topological polar surface area (TPSA) is 54.0 Å². The van der Waals surface area contributed by atoms with Gasteiger partial charge in [-0.25, -0.2) is 4.98 Å². The van der Waals surface area contributed by atoms with Crippen LogP contribution in [0.2, 0.25) is 0 Å². The van der Waals surface area contributed by atoms with Crippen molar-refractivity contribution in [1.82, 2.24) is 4.98 Å². The lowest BCUT2D eigenvalue weighted by atomic mass is 10.1. The first kappa shape index (κ1) is 15.7. The Morgan fingerprint density at radius 3 is 2.38 bits per heavy atom. The van der Waals surface area contributed by atoms with Crippen LogP contribution in [0.4, 0.5) is 17.2 Å². The number of nitrogens with one attached hydrogen (secondary N) is 2. The molecule has 1 aromatic heterocycles. The maximum atomic E-state index is 11.2. The van der Waals surface area contributed by atoms with E-state index >= 15 is 0 Å². The van der Waals surface area contributed by atoms with Gasteiger partial charge in [-0.2, -0.15) is 0 Å². The van der Waals surface area contributed by atoms with E-state index in [0.717, 1.165) is 28.3 Å². The number of aryl methyl sites for hydroxylation is 1. The summed E-state index contributed by atoms with van der Waals surface area (Å²) in [5, 5.41) is 6.07. The van der Waals surface area contributed by atoms with Crippen molar-refractivity contribution in [3.05, 3.63) is 72.4 Å². The molecule has 2 N–H and O–H groups in total. The average molecular weight is 317 g/mol. The second-order valence-corrected chi connectivity index (χ2v) is 5.69. The van der Waals surface area contributed by atoms with Gasteiger partial charge in [-0.1, -0.05) is 29.8 Å². The number of aromatic nitrogens is 1. The summed E-state index contributed by atoms with van der Waals surface area (Å²) in [6, 6.07) is 19.8. The number of nitrogens with zero attached hydrogens (tertiary/aromatic N) is 1. The number of pyridine rings is 1. The third-order valence-corrected chi connectivity index (χ3v) is 3.60. The van der Waals surface area contributed by atoms with E-state index < -0.39 is 0 Å². The zero-order valence-electron chi connectivity index (χ0n) is 13.7. The summed E-state index contributed by atoms with van der Waals surface area (Å²) in [5.74, 6) is 0.712. The van der Waals surface area contributed by atoms with Crippen molar-refractivity contribution in [2.24, 2.45) is 0 Å². The molecule has 4 heteroatoms. The van der Waals surface area contributed by atoms with Crippen LogP contribution in [0.25, 0.3) is 11.1 Å². The molecule has 1 amide bonds. The van der Waals surface area contributed by atoms with Gasteiger partial charge in [-0.05, 0) is 48.9 Å². The molecule has 2 aromatic carbocycles. The van der Waals surface area contributed by atoms with Gasteiger partial charge in [-0.15, -0.1) is 0 Å². The van der Waals surface area contributed by atoms with E-state index in [-0.39, 0.29) is 5.91 Å². The van der Waals surface area contributed by atoms with Gasteiger partial charge < -0.3 is 10.6 Å². The number of amides is 1. The molecule has 0 fully saturated rings. The molecule has 0 aliphatic carbocycles. The maximum Gasteiger partial charge on any atom is 0.221 e. The van der Waals surface area contributed by atoms with Gasteiger partial charge >= 0.3 is 0 Å². The second kappa shape index (κ2) is 6.96. The summed E-state index contributed by atoms with van der Waals surface area (Å²) in [5.41, 5.74) is 5.02. The Morgan fingerprint density at radius 1 is 0.917 bits per heavy atom. The smallest absolute Gasteiger partial charge is 0.221 e. The van der Waals surface area contributed by atoms with Gasteiger partial charge in [0.25, 0.3) is 0 Å². The van der Waals surface area contributed by atoms with Crippen molar-refractivity contribution in [3.63, 3.8) is 0 Å². The molecular formula is C20H19N3O. The number of rotatable bonds is 4. The highest BCUT2D eigenvalue weighted by molar-refractivity contribution is 5.89. The summed E-state index contributed by atoms with van der Waals surface area (Å²) < 4.78 is 0. The maximum absolute atomic E-state index is 11.2. The van der Waals surface area contributed by atoms with E-state index in [1.54, 1.807) is 0 Å². The van der Waals surface area contributed by atoms with Crippen molar-refractivity contribution in [1.29, 1.82) is 0 Å². The molecule has 0 bridgehead atoms. The lowest BCUT2D eigenvalue weighted by molar-refractivity contribution is -0.114. The van der Waals surface area contributed by atoms with Gasteiger partial charge in [0.2, 0.25) is 5.91 Å². The van der Waals surface area contributed by atoms with Crippen molar-refractivity contribution >= 4 is 23.1 Å². The van der Waals surface area contributed by atoms with Crippen LogP contribution < -0.4 is 10.6 Å². The molecule has 1 heterocycles. The number of carbonyl (C=O) groups is 1. The van der Waals surface area contributed by atoms with Crippen molar-refractivity contribution in [3.8, 4) is 11.1 Å². The molecule has 0 aliphatic rings. The Kier molecular flexibility index (Phi) is 4.57. The third kappa shape index (κ3) is 3.98. The molecule has 3 rings (SSSR count). The molecule has 3 aromatic rings. The second-order valence-electron chi connectivity index (χ2n) is 5.69. The van der Waals surface area contributed by atoms with Crippen LogP contribution in [0.5, 0.6) is 0 Å². The Hall–Kier alpha value is -3.14. The molecule has 0 saturated carbocycles. The SMILES string of the molecule is CC(=O)Nc1cccc(-c2ccc(Nc3ccc(C)cc3)nc2)c1. The zero-order chi connectivity index (χ0) is 16.9. The quantitative estimate of drug-likeness (QED) is 0.729. The van der Waals surface area contributed by atoms with E-state index in [1.807, 2.05) is 54.7 Å². The van der Waals surface area contributed by atoms with E-state index in [4.69, 9.17) is 0 Å². The Bertz CT molecular complexity index is 840. The van der Waals surface area contributed by atoms with Crippen molar-refractivity contribution in [2.75, 3.05) is 10.6 Å². The summed E-state index contributed by atoms with van der Waals surface area (Å²) >= 11 is 0. The van der Waals surface area contributed by atoms with Crippen LogP contribution in [0, 0.1) is 6.92 Å². The molecule has 4 nitrogen and oxygen atoms in total. The van der Waals surface area contributed by atoms with Gasteiger partial charge in [0, 0.05) is 30.1 Å². The minimum absolute atomic E-state index is 0.0806. The average Bonchev–Trinajstić information content (AvgIpc) is 2.57. The van der Waals surface area contributed by atoms with Crippen LogP contribution in [0.1, 0.15) is 12.5 Å². The number of hydrogen-bond acceptors (Lipinski definition) is 3. The highest BCUT2D eigenvalue weighted by atomic mass is 16.1. The van der Waals surface area contributed by atoms with Crippen LogP contribution in [-0.4, -0.2) is 10.9 Å². The summed E-state index contributed by atoms with van der Waals surface area (Å²) in [6.07, 6.45) is 1.82. The molecule has 24 heavy (non-hydrogen) atoms. The standard InChI is InChI=1S/C20H19N3O/c1-14-6-9-18(10-7-14)23-20-11-8-17(13-21-20)16-4-3-5-19(12-16)22-15(2)24/h3-13H,1-2H3,(H,21,23)(H,22,24). The molecule has 0 radical (unpaired) electrons. The molecule has 0 atom stereocenters. The molecule has 0 unspecified atom stereocenters. The number of carbonyl (C=O) groups excluding carboxylic acids is 1. The number of anilines is 3. The van der Waals surface area contributed by atoms with Crippen LogP contribution in [0.15, 0.2) is 66.9 Å². The fourth-order valence-corrected chi connectivity index (χ4v) is 2.40. The summed E-state index contributed by atoms with van der Waals surface area (Å²) in [7, 11) is 0. The Morgan fingerprint density at radius 2 is 1.71 bits per heavy atom. The van der Waals surface area contributed by atoms with Crippen molar-refractivity contribution in [2.45, 2.75) is 13.8 Å². The predicted molar refractivity (Wildman–Crippen MR) is 98.4 cm³/mol. The number of hydrogen-bond donors (Lipinski definition) is 2. The monoisotopic (exact) mass is 317 g/mol. The molecule has 0 saturated heterocycles. The minimum atomic E-state index is -0.0806. The Labute approximate surface area is 141 Å². The van der Waals surface area contributed by atoms with Crippen LogP contribution >= 0.6 is 0 Å². The first-order chi connectivity index (χ1) is 11.6. The first-order valence-corrected chi connectivity index (χ1v) is 7.78.